The molecule has 9 heteroatoms. The molecule has 1 aliphatic rings. The third-order valence-electron chi connectivity index (χ3n) is 4.73. The summed E-state index contributed by atoms with van der Waals surface area (Å²) in [7, 11) is -3.18. The molecule has 1 aliphatic carbocycles. The average molecular weight is 382 g/mol. The summed E-state index contributed by atoms with van der Waals surface area (Å²) in [6.45, 7) is 5.85. The number of aryl methyl sites for hydroxylation is 1. The van der Waals surface area contributed by atoms with Crippen LogP contribution >= 0.6 is 0 Å². The van der Waals surface area contributed by atoms with Gasteiger partial charge in [-0.25, -0.2) is 23.1 Å². The van der Waals surface area contributed by atoms with Crippen LogP contribution in [-0.2, 0) is 21.3 Å². The van der Waals surface area contributed by atoms with Crippen molar-refractivity contribution < 1.29 is 13.2 Å². The van der Waals surface area contributed by atoms with Crippen LogP contribution in [0.15, 0.2) is 6.07 Å². The van der Waals surface area contributed by atoms with Gasteiger partial charge in [0.05, 0.1) is 25.0 Å². The normalized spacial score (nSPS) is 16.3. The van der Waals surface area contributed by atoms with Gasteiger partial charge in [0.1, 0.15) is 11.3 Å². The second-order valence-corrected chi connectivity index (χ2v) is 8.88. The zero-order valence-electron chi connectivity index (χ0n) is 15.5. The second-order valence-electron chi connectivity index (χ2n) is 7.04. The Morgan fingerprint density at radius 3 is 2.77 bits per heavy atom. The smallest absolute Gasteiger partial charge is 0.208 e. The van der Waals surface area contributed by atoms with Gasteiger partial charge in [-0.05, 0) is 31.7 Å². The number of imidazole rings is 1. The van der Waals surface area contributed by atoms with Crippen LogP contribution in [0.1, 0.15) is 37.2 Å². The highest BCUT2D eigenvalue weighted by Gasteiger charge is 2.32. The maximum atomic E-state index is 11.1. The second kappa shape index (κ2) is 7.50. The maximum absolute atomic E-state index is 11.1. The SMILES string of the molecule is Cc1cc2c(nc(C(C)C3CC3)n2CCOCCNS(C)(=O)=O)c(N)n1. The molecule has 144 valence electrons. The molecule has 3 rings (SSSR count). The standard InChI is InChI=1S/C17H27N5O3S/c1-11-10-14-15(16(18)20-11)21-17(12(2)13-4-5-13)22(14)7-9-25-8-6-19-26(3,23)24/h10,12-13,19H,4-9H2,1-3H3,(H2,18,20). The molecule has 8 nitrogen and oxygen atoms in total. The van der Waals surface area contributed by atoms with Gasteiger partial charge in [0.2, 0.25) is 10.0 Å². The summed E-state index contributed by atoms with van der Waals surface area (Å²) in [5.74, 6) is 2.54. The first kappa shape index (κ1) is 19.1. The minimum Gasteiger partial charge on any atom is -0.382 e. The van der Waals surface area contributed by atoms with E-state index >= 15 is 0 Å². The van der Waals surface area contributed by atoms with E-state index in [2.05, 4.69) is 21.2 Å². The first-order valence-corrected chi connectivity index (χ1v) is 10.8. The number of fused-ring (bicyclic) bond motifs is 1. The molecule has 2 aromatic rings. The summed E-state index contributed by atoms with van der Waals surface area (Å²) in [4.78, 5) is 9.12. The molecule has 0 radical (unpaired) electrons. The van der Waals surface area contributed by atoms with E-state index in [0.29, 0.717) is 37.4 Å². The van der Waals surface area contributed by atoms with Crippen molar-refractivity contribution in [2.45, 2.75) is 39.2 Å². The number of anilines is 1. The predicted molar refractivity (Wildman–Crippen MR) is 101 cm³/mol. The van der Waals surface area contributed by atoms with E-state index in [-0.39, 0.29) is 6.54 Å². The lowest BCUT2D eigenvalue weighted by molar-refractivity contribution is 0.131. The van der Waals surface area contributed by atoms with Gasteiger partial charge in [0, 0.05) is 24.7 Å². The number of nitrogen functional groups attached to an aromatic ring is 1. The summed E-state index contributed by atoms with van der Waals surface area (Å²) in [6.07, 6.45) is 3.62. The van der Waals surface area contributed by atoms with E-state index in [9.17, 15) is 8.42 Å². The highest BCUT2D eigenvalue weighted by Crippen LogP contribution is 2.42. The molecule has 1 fully saturated rings. The number of sulfonamides is 1. The van der Waals surface area contributed by atoms with Crippen molar-refractivity contribution in [3.05, 3.63) is 17.6 Å². The van der Waals surface area contributed by atoms with E-state index < -0.39 is 10.0 Å². The number of rotatable bonds is 9. The van der Waals surface area contributed by atoms with Gasteiger partial charge >= 0.3 is 0 Å². The first-order valence-electron chi connectivity index (χ1n) is 8.92. The van der Waals surface area contributed by atoms with Crippen LogP contribution in [0.4, 0.5) is 5.82 Å². The van der Waals surface area contributed by atoms with Crippen LogP contribution < -0.4 is 10.5 Å². The van der Waals surface area contributed by atoms with Crippen LogP contribution in [0.3, 0.4) is 0 Å². The van der Waals surface area contributed by atoms with Gasteiger partial charge in [0.25, 0.3) is 0 Å². The number of pyridine rings is 1. The molecule has 0 spiro atoms. The molecule has 0 aliphatic heterocycles. The number of hydrogen-bond acceptors (Lipinski definition) is 6. The molecule has 2 heterocycles. The molecule has 26 heavy (non-hydrogen) atoms. The lowest BCUT2D eigenvalue weighted by Gasteiger charge is -2.14. The Kier molecular flexibility index (Phi) is 5.50. The van der Waals surface area contributed by atoms with Crippen LogP contribution in [0.2, 0.25) is 0 Å². The van der Waals surface area contributed by atoms with Crippen molar-refractivity contribution in [2.75, 3.05) is 31.7 Å². The lowest BCUT2D eigenvalue weighted by atomic mass is 10.1. The van der Waals surface area contributed by atoms with Gasteiger partial charge < -0.3 is 15.0 Å². The monoisotopic (exact) mass is 381 g/mol. The summed E-state index contributed by atoms with van der Waals surface area (Å²) < 4.78 is 32.3. The van der Waals surface area contributed by atoms with Crippen molar-refractivity contribution in [2.24, 2.45) is 5.92 Å². The fraction of sp³-hybridized carbons (Fsp3) is 0.647. The maximum Gasteiger partial charge on any atom is 0.208 e. The van der Waals surface area contributed by atoms with Crippen molar-refractivity contribution in [1.29, 1.82) is 0 Å². The number of hydrogen-bond donors (Lipinski definition) is 2. The Morgan fingerprint density at radius 2 is 2.12 bits per heavy atom. The predicted octanol–water partition coefficient (Wildman–Crippen LogP) is 1.40. The molecule has 0 bridgehead atoms. The van der Waals surface area contributed by atoms with Gasteiger partial charge in [-0.1, -0.05) is 6.92 Å². The van der Waals surface area contributed by atoms with Crippen LogP contribution in [-0.4, -0.2) is 49.0 Å². The summed E-state index contributed by atoms with van der Waals surface area (Å²) in [6, 6.07) is 2.01. The fourth-order valence-corrected chi connectivity index (χ4v) is 3.69. The third-order valence-corrected chi connectivity index (χ3v) is 5.46. The van der Waals surface area contributed by atoms with Gasteiger partial charge in [0.15, 0.2) is 5.82 Å². The topological polar surface area (TPSA) is 112 Å². The zero-order valence-corrected chi connectivity index (χ0v) is 16.3. The Bertz CT molecular complexity index is 889. The van der Waals surface area contributed by atoms with E-state index in [1.165, 1.54) is 12.8 Å². The molecular formula is C17H27N5O3S. The van der Waals surface area contributed by atoms with E-state index in [4.69, 9.17) is 15.5 Å². The van der Waals surface area contributed by atoms with Crippen LogP contribution in [0, 0.1) is 12.8 Å². The summed E-state index contributed by atoms with van der Waals surface area (Å²) in [5.41, 5.74) is 8.67. The minimum absolute atomic E-state index is 0.269. The minimum atomic E-state index is -3.18. The molecule has 2 aromatic heterocycles. The average Bonchev–Trinajstić information content (AvgIpc) is 3.32. The molecular weight excluding hydrogens is 354 g/mol. The molecule has 1 unspecified atom stereocenters. The van der Waals surface area contributed by atoms with Crippen molar-refractivity contribution in [1.82, 2.24) is 19.3 Å². The van der Waals surface area contributed by atoms with Crippen molar-refractivity contribution in [3.8, 4) is 0 Å². The third kappa shape index (κ3) is 4.52. The Hall–Kier alpha value is -1.71. The van der Waals surface area contributed by atoms with E-state index in [1.807, 2.05) is 13.0 Å². The number of nitrogens with two attached hydrogens (primary N) is 1. The number of aromatic nitrogens is 3. The largest absolute Gasteiger partial charge is 0.382 e. The van der Waals surface area contributed by atoms with Gasteiger partial charge in [-0.2, -0.15) is 0 Å². The fourth-order valence-electron chi connectivity index (χ4n) is 3.24. The van der Waals surface area contributed by atoms with Gasteiger partial charge in [-0.3, -0.25) is 0 Å². The Labute approximate surface area is 154 Å². The summed E-state index contributed by atoms with van der Waals surface area (Å²) in [5, 5.41) is 0. The van der Waals surface area contributed by atoms with E-state index in [1.54, 1.807) is 0 Å². The van der Waals surface area contributed by atoms with Gasteiger partial charge in [-0.15, -0.1) is 0 Å². The number of nitrogens with zero attached hydrogens (tertiary/aromatic N) is 3. The molecule has 1 saturated carbocycles. The first-order chi connectivity index (χ1) is 12.3. The van der Waals surface area contributed by atoms with Crippen LogP contribution in [0.5, 0.6) is 0 Å². The highest BCUT2D eigenvalue weighted by atomic mass is 32.2. The lowest BCUT2D eigenvalue weighted by Crippen LogP contribution is -2.26. The Balaban J connectivity index is 1.73. The van der Waals surface area contributed by atoms with Crippen LogP contribution in [0.25, 0.3) is 11.0 Å². The molecule has 1 atom stereocenters. The van der Waals surface area contributed by atoms with Crippen molar-refractivity contribution >= 4 is 26.9 Å². The number of nitrogens with one attached hydrogen (secondary N) is 1. The van der Waals surface area contributed by atoms with Crippen molar-refractivity contribution in [3.63, 3.8) is 0 Å². The zero-order chi connectivity index (χ0) is 18.9. The Morgan fingerprint density at radius 1 is 1.38 bits per heavy atom. The molecule has 0 amide bonds. The molecule has 0 saturated heterocycles. The molecule has 3 N–H and O–H groups in total. The summed E-state index contributed by atoms with van der Waals surface area (Å²) >= 11 is 0. The highest BCUT2D eigenvalue weighted by molar-refractivity contribution is 7.88. The van der Waals surface area contributed by atoms with E-state index in [0.717, 1.165) is 28.8 Å². The molecule has 0 aromatic carbocycles. The quantitative estimate of drug-likeness (QED) is 0.635. The number of ether oxygens (including phenoxy) is 1.